The standard InChI is InChI=1S/C14H16N6S/c1-3-9-8-16-20-12(9)18-14(21-2)19-13(20)17-11-6-4-5-10(15)7-11/h4-8H,3,15H2,1-2H3,(H,17,18,19). The summed E-state index contributed by atoms with van der Waals surface area (Å²) in [5, 5.41) is 8.34. The third kappa shape index (κ3) is 2.64. The van der Waals surface area contributed by atoms with E-state index in [0.717, 1.165) is 23.3 Å². The molecule has 1 aromatic carbocycles. The molecule has 0 saturated carbocycles. The van der Waals surface area contributed by atoms with Gasteiger partial charge in [0.15, 0.2) is 10.8 Å². The Bertz CT molecular complexity index is 782. The van der Waals surface area contributed by atoms with Crippen molar-refractivity contribution in [3.63, 3.8) is 0 Å². The maximum atomic E-state index is 5.81. The van der Waals surface area contributed by atoms with Crippen LogP contribution in [0, 0.1) is 0 Å². The molecule has 3 N–H and O–H groups in total. The second kappa shape index (κ2) is 5.61. The molecule has 21 heavy (non-hydrogen) atoms. The predicted octanol–water partition coefficient (Wildman–Crippen LogP) is 2.73. The fraction of sp³-hybridized carbons (Fsp3) is 0.214. The van der Waals surface area contributed by atoms with Gasteiger partial charge in [0.05, 0.1) is 6.20 Å². The second-order valence-electron chi connectivity index (χ2n) is 4.54. The van der Waals surface area contributed by atoms with Crippen LogP contribution < -0.4 is 11.1 Å². The van der Waals surface area contributed by atoms with E-state index in [9.17, 15) is 0 Å². The number of anilines is 3. The maximum Gasteiger partial charge on any atom is 0.232 e. The molecule has 0 aliphatic rings. The lowest BCUT2D eigenvalue weighted by molar-refractivity contribution is 0.846. The minimum atomic E-state index is 0.634. The number of nitrogens with zero attached hydrogens (tertiary/aromatic N) is 4. The average molecular weight is 300 g/mol. The number of rotatable bonds is 4. The molecule has 2 aromatic heterocycles. The van der Waals surface area contributed by atoms with E-state index in [1.807, 2.05) is 36.7 Å². The lowest BCUT2D eigenvalue weighted by Crippen LogP contribution is -2.06. The van der Waals surface area contributed by atoms with Crippen molar-refractivity contribution >= 4 is 34.7 Å². The Kier molecular flexibility index (Phi) is 3.66. The predicted molar refractivity (Wildman–Crippen MR) is 86.1 cm³/mol. The van der Waals surface area contributed by atoms with Crippen LogP contribution in [0.5, 0.6) is 0 Å². The zero-order chi connectivity index (χ0) is 14.8. The first-order chi connectivity index (χ1) is 10.2. The number of hydrogen-bond acceptors (Lipinski definition) is 6. The van der Waals surface area contributed by atoms with Gasteiger partial charge in [-0.3, -0.25) is 0 Å². The summed E-state index contributed by atoms with van der Waals surface area (Å²) >= 11 is 1.51. The Morgan fingerprint density at radius 1 is 1.33 bits per heavy atom. The number of hydrogen-bond donors (Lipinski definition) is 2. The molecule has 3 aromatic rings. The van der Waals surface area contributed by atoms with E-state index >= 15 is 0 Å². The molecule has 0 aliphatic heterocycles. The van der Waals surface area contributed by atoms with Gasteiger partial charge in [0, 0.05) is 16.9 Å². The van der Waals surface area contributed by atoms with Gasteiger partial charge in [0.1, 0.15) is 0 Å². The van der Waals surface area contributed by atoms with E-state index in [4.69, 9.17) is 5.73 Å². The van der Waals surface area contributed by atoms with E-state index < -0.39 is 0 Å². The first kappa shape index (κ1) is 13.7. The summed E-state index contributed by atoms with van der Waals surface area (Å²) in [5.41, 5.74) is 9.31. The van der Waals surface area contributed by atoms with Crippen LogP contribution in [0.25, 0.3) is 5.65 Å². The van der Waals surface area contributed by atoms with E-state index in [1.54, 1.807) is 4.52 Å². The zero-order valence-corrected chi connectivity index (χ0v) is 12.7. The Balaban J connectivity index is 2.10. The minimum absolute atomic E-state index is 0.634. The summed E-state index contributed by atoms with van der Waals surface area (Å²) < 4.78 is 1.72. The van der Waals surface area contributed by atoms with Crippen molar-refractivity contribution in [1.29, 1.82) is 0 Å². The molecule has 0 radical (unpaired) electrons. The average Bonchev–Trinajstić information content (AvgIpc) is 2.90. The molecule has 108 valence electrons. The summed E-state index contributed by atoms with van der Waals surface area (Å²) in [5.74, 6) is 0.634. The van der Waals surface area contributed by atoms with Crippen molar-refractivity contribution in [3.05, 3.63) is 36.0 Å². The topological polar surface area (TPSA) is 81.1 Å². The summed E-state index contributed by atoms with van der Waals surface area (Å²) in [6, 6.07) is 7.54. The Labute approximate surface area is 126 Å². The summed E-state index contributed by atoms with van der Waals surface area (Å²) in [6.45, 7) is 2.09. The quantitative estimate of drug-likeness (QED) is 0.569. The molecule has 0 spiro atoms. The van der Waals surface area contributed by atoms with Crippen LogP contribution in [0.3, 0.4) is 0 Å². The van der Waals surface area contributed by atoms with Crippen LogP contribution in [0.2, 0.25) is 0 Å². The first-order valence-corrected chi connectivity index (χ1v) is 7.85. The molecule has 0 unspecified atom stereocenters. The van der Waals surface area contributed by atoms with Crippen LogP contribution in [0.15, 0.2) is 35.6 Å². The number of benzene rings is 1. The number of fused-ring (bicyclic) bond motifs is 1. The van der Waals surface area contributed by atoms with Crippen LogP contribution in [0.1, 0.15) is 12.5 Å². The van der Waals surface area contributed by atoms with Gasteiger partial charge in [0.25, 0.3) is 0 Å². The van der Waals surface area contributed by atoms with E-state index in [-0.39, 0.29) is 0 Å². The van der Waals surface area contributed by atoms with Gasteiger partial charge in [-0.05, 0) is 30.9 Å². The minimum Gasteiger partial charge on any atom is -0.399 e. The molecule has 0 amide bonds. The molecule has 2 heterocycles. The Hall–Kier alpha value is -2.28. The second-order valence-corrected chi connectivity index (χ2v) is 5.32. The van der Waals surface area contributed by atoms with E-state index in [2.05, 4.69) is 27.3 Å². The van der Waals surface area contributed by atoms with Gasteiger partial charge in [0.2, 0.25) is 5.95 Å². The van der Waals surface area contributed by atoms with E-state index in [0.29, 0.717) is 16.8 Å². The monoisotopic (exact) mass is 300 g/mol. The summed E-state index contributed by atoms with van der Waals surface area (Å²) in [4.78, 5) is 9.02. The Morgan fingerprint density at radius 2 is 2.19 bits per heavy atom. The Morgan fingerprint density at radius 3 is 2.90 bits per heavy atom. The van der Waals surface area contributed by atoms with Crippen molar-refractivity contribution in [3.8, 4) is 0 Å². The molecule has 3 rings (SSSR count). The van der Waals surface area contributed by atoms with Crippen molar-refractivity contribution in [2.75, 3.05) is 17.3 Å². The third-order valence-corrected chi connectivity index (χ3v) is 3.67. The summed E-state index contributed by atoms with van der Waals surface area (Å²) in [6.07, 6.45) is 4.67. The number of aryl methyl sites for hydroxylation is 1. The highest BCUT2D eigenvalue weighted by atomic mass is 32.2. The molecule has 0 saturated heterocycles. The third-order valence-electron chi connectivity index (χ3n) is 3.13. The molecular weight excluding hydrogens is 284 g/mol. The van der Waals surface area contributed by atoms with Crippen LogP contribution in [0.4, 0.5) is 17.3 Å². The molecule has 0 atom stereocenters. The van der Waals surface area contributed by atoms with Crippen LogP contribution >= 0.6 is 11.8 Å². The van der Waals surface area contributed by atoms with Gasteiger partial charge < -0.3 is 11.1 Å². The largest absolute Gasteiger partial charge is 0.399 e. The SMILES string of the molecule is CCc1cnn2c(Nc3cccc(N)c3)nc(SC)nc12. The lowest BCUT2D eigenvalue weighted by atomic mass is 10.3. The molecular formula is C14H16N6S. The maximum absolute atomic E-state index is 5.81. The lowest BCUT2D eigenvalue weighted by Gasteiger charge is -2.09. The highest BCUT2D eigenvalue weighted by Crippen LogP contribution is 2.22. The number of aromatic nitrogens is 4. The van der Waals surface area contributed by atoms with Crippen molar-refractivity contribution in [1.82, 2.24) is 19.6 Å². The van der Waals surface area contributed by atoms with Gasteiger partial charge in [-0.25, -0.2) is 4.98 Å². The van der Waals surface area contributed by atoms with Gasteiger partial charge >= 0.3 is 0 Å². The number of thioether (sulfide) groups is 1. The fourth-order valence-electron chi connectivity index (χ4n) is 2.07. The number of nitrogens with two attached hydrogens (primary N) is 1. The zero-order valence-electron chi connectivity index (χ0n) is 11.9. The van der Waals surface area contributed by atoms with Gasteiger partial charge in [-0.15, -0.1) is 0 Å². The highest BCUT2D eigenvalue weighted by molar-refractivity contribution is 7.98. The van der Waals surface area contributed by atoms with Gasteiger partial charge in [-0.1, -0.05) is 24.8 Å². The molecule has 6 nitrogen and oxygen atoms in total. The molecule has 0 bridgehead atoms. The smallest absolute Gasteiger partial charge is 0.232 e. The van der Waals surface area contributed by atoms with Crippen molar-refractivity contribution in [2.24, 2.45) is 0 Å². The van der Waals surface area contributed by atoms with Crippen LogP contribution in [-0.4, -0.2) is 25.8 Å². The summed E-state index contributed by atoms with van der Waals surface area (Å²) in [7, 11) is 0. The van der Waals surface area contributed by atoms with Crippen molar-refractivity contribution < 1.29 is 0 Å². The normalized spacial score (nSPS) is 11.0. The van der Waals surface area contributed by atoms with Crippen LogP contribution in [-0.2, 0) is 6.42 Å². The molecule has 0 fully saturated rings. The molecule has 7 heteroatoms. The van der Waals surface area contributed by atoms with Gasteiger partial charge in [-0.2, -0.15) is 14.6 Å². The number of nitrogen functional groups attached to an aromatic ring is 1. The fourth-order valence-corrected chi connectivity index (χ4v) is 2.43. The molecule has 0 aliphatic carbocycles. The highest BCUT2D eigenvalue weighted by Gasteiger charge is 2.12. The van der Waals surface area contributed by atoms with E-state index in [1.165, 1.54) is 11.8 Å². The first-order valence-electron chi connectivity index (χ1n) is 6.62. The van der Waals surface area contributed by atoms with Crippen molar-refractivity contribution in [2.45, 2.75) is 18.5 Å². The number of nitrogens with one attached hydrogen (secondary N) is 1.